The minimum absolute atomic E-state index is 0.156. The fourth-order valence-corrected chi connectivity index (χ4v) is 3.22. The third-order valence-corrected chi connectivity index (χ3v) is 4.25. The van der Waals surface area contributed by atoms with Crippen molar-refractivity contribution in [2.24, 2.45) is 5.41 Å². The van der Waals surface area contributed by atoms with Gasteiger partial charge in [0, 0.05) is 7.11 Å². The van der Waals surface area contributed by atoms with Gasteiger partial charge in [-0.1, -0.05) is 52.2 Å². The Balaban J connectivity index is 2.90. The summed E-state index contributed by atoms with van der Waals surface area (Å²) in [4.78, 5) is 0. The molecule has 0 fully saturated rings. The van der Waals surface area contributed by atoms with E-state index in [0.717, 1.165) is 6.54 Å². The normalized spacial score (nSPS) is 20.8. The highest BCUT2D eigenvalue weighted by Gasteiger charge is 2.33. The number of ether oxygens (including phenoxy) is 1. The average Bonchev–Trinajstić information content (AvgIpc) is 2.33. The summed E-state index contributed by atoms with van der Waals surface area (Å²) in [7, 11) is 1.86. The highest BCUT2D eigenvalue weighted by atomic mass is 16.5. The molecule has 0 saturated heterocycles. The first-order valence-electron chi connectivity index (χ1n) is 8.45. The number of hydrogen-bond donors (Lipinski definition) is 1. The Labute approximate surface area is 126 Å². The van der Waals surface area contributed by atoms with Gasteiger partial charge < -0.3 is 10.1 Å². The van der Waals surface area contributed by atoms with Crippen molar-refractivity contribution < 1.29 is 4.74 Å². The van der Waals surface area contributed by atoms with Gasteiger partial charge in [0.05, 0.1) is 12.1 Å². The maximum Gasteiger partial charge on any atom is 0.0810 e. The molecule has 1 aliphatic carbocycles. The van der Waals surface area contributed by atoms with Crippen molar-refractivity contribution in [1.82, 2.24) is 5.32 Å². The van der Waals surface area contributed by atoms with Crippen LogP contribution in [0.25, 0.3) is 0 Å². The van der Waals surface area contributed by atoms with Crippen LogP contribution in [-0.4, -0.2) is 25.8 Å². The van der Waals surface area contributed by atoms with E-state index < -0.39 is 0 Å². The Morgan fingerprint density at radius 2 is 1.90 bits per heavy atom. The zero-order valence-electron chi connectivity index (χ0n) is 14.3. The molecule has 1 rings (SSSR count). The van der Waals surface area contributed by atoms with Gasteiger partial charge >= 0.3 is 0 Å². The summed E-state index contributed by atoms with van der Waals surface area (Å²) in [5, 5.41) is 3.75. The van der Waals surface area contributed by atoms with Gasteiger partial charge in [-0.3, -0.25) is 0 Å². The SMILES string of the molecule is CCCNC(C1=CCCCCCC1)C(OC)C(C)(C)C. The van der Waals surface area contributed by atoms with Gasteiger partial charge in [0.2, 0.25) is 0 Å². The van der Waals surface area contributed by atoms with Crippen LogP contribution in [0.4, 0.5) is 0 Å². The lowest BCUT2D eigenvalue weighted by Gasteiger charge is -2.38. The van der Waals surface area contributed by atoms with E-state index in [2.05, 4.69) is 39.1 Å². The van der Waals surface area contributed by atoms with E-state index in [4.69, 9.17) is 4.74 Å². The Kier molecular flexibility index (Phi) is 7.83. The molecule has 0 amide bonds. The van der Waals surface area contributed by atoms with Crippen LogP contribution < -0.4 is 5.32 Å². The molecule has 0 aromatic rings. The minimum atomic E-state index is 0.156. The molecule has 2 atom stereocenters. The molecule has 0 bridgehead atoms. The van der Waals surface area contributed by atoms with Crippen molar-refractivity contribution in [3.05, 3.63) is 11.6 Å². The molecule has 2 nitrogen and oxygen atoms in total. The van der Waals surface area contributed by atoms with Crippen LogP contribution in [0.5, 0.6) is 0 Å². The predicted molar refractivity (Wildman–Crippen MR) is 88.1 cm³/mol. The Bertz CT molecular complexity index is 290. The molecule has 0 aromatic heterocycles. The van der Waals surface area contributed by atoms with Crippen molar-refractivity contribution in [3.8, 4) is 0 Å². The monoisotopic (exact) mass is 281 g/mol. The second-order valence-electron chi connectivity index (χ2n) is 7.19. The van der Waals surface area contributed by atoms with Gasteiger partial charge in [-0.05, 0) is 44.1 Å². The van der Waals surface area contributed by atoms with E-state index >= 15 is 0 Å². The zero-order chi connectivity index (χ0) is 15.0. The van der Waals surface area contributed by atoms with E-state index in [1.165, 1.54) is 44.9 Å². The summed E-state index contributed by atoms with van der Waals surface area (Å²) in [5.41, 5.74) is 1.74. The van der Waals surface area contributed by atoms with Crippen molar-refractivity contribution in [3.63, 3.8) is 0 Å². The van der Waals surface area contributed by atoms with Crippen molar-refractivity contribution in [1.29, 1.82) is 0 Å². The van der Waals surface area contributed by atoms with Crippen LogP contribution in [0.2, 0.25) is 0 Å². The zero-order valence-corrected chi connectivity index (χ0v) is 14.3. The van der Waals surface area contributed by atoms with Crippen molar-refractivity contribution >= 4 is 0 Å². The Morgan fingerprint density at radius 3 is 2.50 bits per heavy atom. The van der Waals surface area contributed by atoms with E-state index in [0.29, 0.717) is 6.04 Å². The smallest absolute Gasteiger partial charge is 0.0810 e. The molecule has 1 N–H and O–H groups in total. The van der Waals surface area contributed by atoms with Gasteiger partial charge in [-0.2, -0.15) is 0 Å². The number of hydrogen-bond acceptors (Lipinski definition) is 2. The van der Waals surface area contributed by atoms with E-state index in [1.807, 2.05) is 7.11 Å². The molecule has 0 heterocycles. The lowest BCUT2D eigenvalue weighted by atomic mass is 9.80. The van der Waals surface area contributed by atoms with E-state index in [1.54, 1.807) is 5.57 Å². The van der Waals surface area contributed by atoms with Gasteiger partial charge in [0.15, 0.2) is 0 Å². The predicted octanol–water partition coefficient (Wildman–Crippen LogP) is 4.70. The molecule has 2 heteroatoms. The molecule has 0 saturated carbocycles. The highest BCUT2D eigenvalue weighted by Crippen LogP contribution is 2.30. The number of methoxy groups -OCH3 is 1. The average molecular weight is 281 g/mol. The van der Waals surface area contributed by atoms with Gasteiger partial charge in [-0.25, -0.2) is 0 Å². The first-order valence-corrected chi connectivity index (χ1v) is 8.45. The molecular formula is C18H35NO. The third kappa shape index (κ3) is 5.57. The molecule has 2 unspecified atom stereocenters. The van der Waals surface area contributed by atoms with Crippen LogP contribution >= 0.6 is 0 Å². The molecule has 0 aromatic carbocycles. The fourth-order valence-electron chi connectivity index (χ4n) is 3.22. The third-order valence-electron chi connectivity index (χ3n) is 4.25. The van der Waals surface area contributed by atoms with Crippen LogP contribution in [0.1, 0.15) is 72.6 Å². The second-order valence-corrected chi connectivity index (χ2v) is 7.19. The molecule has 0 radical (unpaired) electrons. The lowest BCUT2D eigenvalue weighted by molar-refractivity contribution is -0.00321. The Morgan fingerprint density at radius 1 is 1.20 bits per heavy atom. The summed E-state index contributed by atoms with van der Waals surface area (Å²) >= 11 is 0. The van der Waals surface area contributed by atoms with Gasteiger partial charge in [-0.15, -0.1) is 0 Å². The maximum atomic E-state index is 5.90. The van der Waals surface area contributed by atoms with Crippen LogP contribution in [0.15, 0.2) is 11.6 Å². The first kappa shape index (κ1) is 17.7. The standard InChI is InChI=1S/C18H35NO/c1-6-14-19-16(17(20-5)18(2,3)4)15-12-10-8-7-9-11-13-15/h12,16-17,19H,6-11,13-14H2,1-5H3. The topological polar surface area (TPSA) is 21.3 Å². The number of nitrogens with one attached hydrogen (secondary N) is 1. The summed E-state index contributed by atoms with van der Waals surface area (Å²) in [6.45, 7) is 10.1. The summed E-state index contributed by atoms with van der Waals surface area (Å²) in [5.74, 6) is 0. The van der Waals surface area contributed by atoms with Crippen molar-refractivity contribution in [2.75, 3.05) is 13.7 Å². The van der Waals surface area contributed by atoms with E-state index in [9.17, 15) is 0 Å². The summed E-state index contributed by atoms with van der Waals surface area (Å²) in [6, 6.07) is 0.373. The molecule has 20 heavy (non-hydrogen) atoms. The minimum Gasteiger partial charge on any atom is -0.379 e. The fraction of sp³-hybridized carbons (Fsp3) is 0.889. The molecule has 1 aliphatic rings. The molecule has 0 aliphatic heterocycles. The van der Waals surface area contributed by atoms with Crippen LogP contribution in [0, 0.1) is 5.41 Å². The maximum absolute atomic E-state index is 5.90. The second kappa shape index (κ2) is 8.84. The number of rotatable bonds is 6. The van der Waals surface area contributed by atoms with Gasteiger partial charge in [0.25, 0.3) is 0 Å². The Hall–Kier alpha value is -0.340. The molecular weight excluding hydrogens is 246 g/mol. The van der Waals surface area contributed by atoms with Crippen molar-refractivity contribution in [2.45, 2.75) is 84.8 Å². The van der Waals surface area contributed by atoms with E-state index in [-0.39, 0.29) is 11.5 Å². The molecule has 118 valence electrons. The quantitative estimate of drug-likeness (QED) is 0.713. The van der Waals surface area contributed by atoms with Crippen LogP contribution in [-0.2, 0) is 4.74 Å². The largest absolute Gasteiger partial charge is 0.379 e. The number of allylic oxidation sites excluding steroid dienone is 1. The highest BCUT2D eigenvalue weighted by molar-refractivity contribution is 5.15. The summed E-state index contributed by atoms with van der Waals surface area (Å²) < 4.78 is 5.90. The molecule has 0 spiro atoms. The van der Waals surface area contributed by atoms with Crippen LogP contribution in [0.3, 0.4) is 0 Å². The first-order chi connectivity index (χ1) is 9.50. The van der Waals surface area contributed by atoms with Gasteiger partial charge in [0.1, 0.15) is 0 Å². The summed E-state index contributed by atoms with van der Waals surface area (Å²) in [6.07, 6.45) is 11.8. The lowest BCUT2D eigenvalue weighted by Crippen LogP contribution is -2.49.